The zero-order valence-corrected chi connectivity index (χ0v) is 16.1. The van der Waals surface area contributed by atoms with Crippen LogP contribution in [0.2, 0.25) is 0 Å². The molecule has 2 aromatic rings. The van der Waals surface area contributed by atoms with Crippen LogP contribution in [0.25, 0.3) is 5.69 Å². The summed E-state index contributed by atoms with van der Waals surface area (Å²) in [6.45, 7) is 4.08. The van der Waals surface area contributed by atoms with E-state index in [1.54, 1.807) is 24.7 Å². The molecule has 1 aromatic carbocycles. The van der Waals surface area contributed by atoms with Crippen molar-refractivity contribution in [1.29, 1.82) is 0 Å². The second-order valence-corrected chi connectivity index (χ2v) is 7.34. The lowest BCUT2D eigenvalue weighted by Crippen LogP contribution is -2.40. The van der Waals surface area contributed by atoms with Crippen LogP contribution in [0.1, 0.15) is 32.3 Å². The molecule has 0 spiro atoms. The number of nitrogens with one attached hydrogen (secondary N) is 2. The number of nitrogens with zero attached hydrogens (tertiary/aromatic N) is 3. The van der Waals surface area contributed by atoms with Crippen LogP contribution in [0.3, 0.4) is 0 Å². The van der Waals surface area contributed by atoms with E-state index in [1.807, 2.05) is 36.5 Å². The number of urea groups is 1. The fourth-order valence-corrected chi connectivity index (χ4v) is 3.06. The molecular formula is C20H25N5O3. The van der Waals surface area contributed by atoms with Crippen LogP contribution in [0.15, 0.2) is 42.7 Å². The minimum absolute atomic E-state index is 0.0956. The summed E-state index contributed by atoms with van der Waals surface area (Å²) in [5.41, 5.74) is 1.15. The van der Waals surface area contributed by atoms with Crippen molar-refractivity contribution < 1.29 is 14.4 Å². The molecule has 8 heteroatoms. The number of para-hydroxylation sites is 1. The van der Waals surface area contributed by atoms with Gasteiger partial charge in [0.25, 0.3) is 5.91 Å². The minimum atomic E-state index is -0.871. The van der Waals surface area contributed by atoms with Crippen LogP contribution in [-0.4, -0.2) is 51.2 Å². The van der Waals surface area contributed by atoms with Crippen LogP contribution < -0.4 is 10.6 Å². The highest BCUT2D eigenvalue weighted by Gasteiger charge is 2.43. The molecule has 0 atom stereocenters. The summed E-state index contributed by atoms with van der Waals surface area (Å²) in [5.74, 6) is -0.352. The van der Waals surface area contributed by atoms with Gasteiger partial charge in [-0.2, -0.15) is 5.10 Å². The zero-order chi connectivity index (χ0) is 20.1. The number of imide groups is 1. The molecule has 0 saturated carbocycles. The monoisotopic (exact) mass is 383 g/mol. The molecule has 1 aromatic heterocycles. The van der Waals surface area contributed by atoms with Crippen LogP contribution >= 0.6 is 0 Å². The van der Waals surface area contributed by atoms with Crippen molar-refractivity contribution in [1.82, 2.24) is 25.3 Å². The Morgan fingerprint density at radius 1 is 1.21 bits per heavy atom. The molecule has 1 fully saturated rings. The van der Waals surface area contributed by atoms with Gasteiger partial charge in [0, 0.05) is 25.7 Å². The summed E-state index contributed by atoms with van der Waals surface area (Å²) < 4.78 is 1.80. The van der Waals surface area contributed by atoms with E-state index >= 15 is 0 Å². The smallest absolute Gasteiger partial charge is 0.325 e. The number of hydrogen-bond acceptors (Lipinski definition) is 4. The number of rotatable bonds is 8. The maximum Gasteiger partial charge on any atom is 0.325 e. The lowest BCUT2D eigenvalue weighted by molar-refractivity contribution is -0.130. The third kappa shape index (κ3) is 4.57. The van der Waals surface area contributed by atoms with E-state index in [1.165, 1.54) is 4.90 Å². The molecule has 1 aliphatic rings. The Morgan fingerprint density at radius 2 is 1.96 bits per heavy atom. The van der Waals surface area contributed by atoms with Crippen molar-refractivity contribution in [2.75, 3.05) is 13.1 Å². The number of carbonyl (C=O) groups excluding carboxylic acids is 3. The Bertz CT molecular complexity index is 860. The first-order chi connectivity index (χ1) is 13.4. The lowest BCUT2D eigenvalue weighted by Gasteiger charge is -2.15. The Morgan fingerprint density at radius 3 is 2.64 bits per heavy atom. The standard InChI is InChI=1S/C20H25N5O3/c1-20(2)18(27)24(19(28)23-20)12-6-9-17(26)21-11-10-15-13-22-25(14-15)16-7-4-3-5-8-16/h3-5,7-8,13-14H,6,9-12H2,1-2H3,(H,21,26)(H,23,28). The second-order valence-electron chi connectivity index (χ2n) is 7.34. The van der Waals surface area contributed by atoms with Gasteiger partial charge in [-0.3, -0.25) is 14.5 Å². The molecule has 28 heavy (non-hydrogen) atoms. The van der Waals surface area contributed by atoms with E-state index < -0.39 is 11.6 Å². The van der Waals surface area contributed by atoms with Crippen molar-refractivity contribution in [3.05, 3.63) is 48.3 Å². The van der Waals surface area contributed by atoms with Crippen molar-refractivity contribution in [2.24, 2.45) is 0 Å². The largest absolute Gasteiger partial charge is 0.356 e. The molecule has 0 aliphatic carbocycles. The Hall–Kier alpha value is -3.16. The van der Waals surface area contributed by atoms with Gasteiger partial charge in [0.1, 0.15) is 5.54 Å². The second kappa shape index (κ2) is 8.24. The van der Waals surface area contributed by atoms with E-state index in [4.69, 9.17) is 0 Å². The molecular weight excluding hydrogens is 358 g/mol. The fourth-order valence-electron chi connectivity index (χ4n) is 3.06. The quantitative estimate of drug-likeness (QED) is 0.678. The maximum absolute atomic E-state index is 12.1. The van der Waals surface area contributed by atoms with Gasteiger partial charge >= 0.3 is 6.03 Å². The summed E-state index contributed by atoms with van der Waals surface area (Å²) in [6.07, 6.45) is 5.12. The molecule has 3 rings (SSSR count). The molecule has 2 heterocycles. The fraction of sp³-hybridized carbons (Fsp3) is 0.400. The van der Waals surface area contributed by atoms with E-state index in [9.17, 15) is 14.4 Å². The van der Waals surface area contributed by atoms with Gasteiger partial charge < -0.3 is 10.6 Å². The zero-order valence-electron chi connectivity index (χ0n) is 16.1. The Labute approximate surface area is 163 Å². The summed E-state index contributed by atoms with van der Waals surface area (Å²) in [5, 5.41) is 9.82. The summed E-state index contributed by atoms with van der Waals surface area (Å²) >= 11 is 0. The molecule has 148 valence electrons. The highest BCUT2D eigenvalue weighted by molar-refractivity contribution is 6.06. The van der Waals surface area contributed by atoms with E-state index in [2.05, 4.69) is 15.7 Å². The maximum atomic E-state index is 12.1. The van der Waals surface area contributed by atoms with Gasteiger partial charge in [-0.15, -0.1) is 0 Å². The van der Waals surface area contributed by atoms with Crippen molar-refractivity contribution >= 4 is 17.8 Å². The Balaban J connectivity index is 1.37. The first kappa shape index (κ1) is 19.6. The lowest BCUT2D eigenvalue weighted by atomic mass is 10.1. The molecule has 0 unspecified atom stereocenters. The first-order valence-corrected chi connectivity index (χ1v) is 9.36. The van der Waals surface area contributed by atoms with Gasteiger partial charge in [-0.05, 0) is 44.4 Å². The van der Waals surface area contributed by atoms with Crippen molar-refractivity contribution in [2.45, 2.75) is 38.6 Å². The molecule has 8 nitrogen and oxygen atoms in total. The van der Waals surface area contributed by atoms with E-state index in [-0.39, 0.29) is 24.8 Å². The molecule has 2 N–H and O–H groups in total. The number of carbonyl (C=O) groups is 3. The van der Waals surface area contributed by atoms with E-state index in [0.717, 1.165) is 11.3 Å². The van der Waals surface area contributed by atoms with Crippen LogP contribution in [0.4, 0.5) is 4.79 Å². The predicted molar refractivity (Wildman–Crippen MR) is 104 cm³/mol. The SMILES string of the molecule is CC1(C)NC(=O)N(CCCC(=O)NCCc2cnn(-c3ccccc3)c2)C1=O. The van der Waals surface area contributed by atoms with Gasteiger partial charge in [0.05, 0.1) is 11.9 Å². The van der Waals surface area contributed by atoms with Crippen LogP contribution in [0, 0.1) is 0 Å². The highest BCUT2D eigenvalue weighted by Crippen LogP contribution is 2.17. The van der Waals surface area contributed by atoms with Gasteiger partial charge in [-0.1, -0.05) is 18.2 Å². The average Bonchev–Trinajstić information content (AvgIpc) is 3.20. The summed E-state index contributed by atoms with van der Waals surface area (Å²) in [4.78, 5) is 37.0. The highest BCUT2D eigenvalue weighted by atomic mass is 16.2. The molecule has 1 aliphatic heterocycles. The van der Waals surface area contributed by atoms with Crippen molar-refractivity contribution in [3.63, 3.8) is 0 Å². The third-order valence-electron chi connectivity index (χ3n) is 4.62. The average molecular weight is 383 g/mol. The number of hydrogen-bond donors (Lipinski definition) is 2. The normalized spacial score (nSPS) is 15.6. The molecule has 1 saturated heterocycles. The van der Waals surface area contributed by atoms with Crippen LogP contribution in [0.5, 0.6) is 0 Å². The number of amides is 4. The summed E-state index contributed by atoms with van der Waals surface area (Å²) in [6, 6.07) is 9.42. The minimum Gasteiger partial charge on any atom is -0.356 e. The van der Waals surface area contributed by atoms with Crippen molar-refractivity contribution in [3.8, 4) is 5.69 Å². The number of benzene rings is 1. The first-order valence-electron chi connectivity index (χ1n) is 9.36. The van der Waals surface area contributed by atoms with Gasteiger partial charge in [-0.25, -0.2) is 9.48 Å². The number of aromatic nitrogens is 2. The molecule has 0 bridgehead atoms. The molecule has 4 amide bonds. The topological polar surface area (TPSA) is 96.3 Å². The molecule has 0 radical (unpaired) electrons. The summed E-state index contributed by atoms with van der Waals surface area (Å²) in [7, 11) is 0. The van der Waals surface area contributed by atoms with Gasteiger partial charge in [0.2, 0.25) is 5.91 Å². The van der Waals surface area contributed by atoms with E-state index in [0.29, 0.717) is 19.4 Å². The third-order valence-corrected chi connectivity index (χ3v) is 4.62. The Kier molecular flexibility index (Phi) is 5.77. The predicted octanol–water partition coefficient (Wildman–Crippen LogP) is 1.64. The van der Waals surface area contributed by atoms with Crippen LogP contribution in [-0.2, 0) is 16.0 Å². The van der Waals surface area contributed by atoms with Gasteiger partial charge in [0.15, 0.2) is 0 Å².